The van der Waals surface area contributed by atoms with Crippen molar-refractivity contribution >= 4 is 0 Å². The number of rotatable bonds is 3. The highest BCUT2D eigenvalue weighted by atomic mass is 16.5. The number of phenols is 4. The highest BCUT2D eigenvalue weighted by Gasteiger charge is 2.33. The summed E-state index contributed by atoms with van der Waals surface area (Å²) < 4.78 is 6.28. The molecular formula is C23H22O5. The lowest BCUT2D eigenvalue weighted by Gasteiger charge is -2.34. The Kier molecular flexibility index (Phi) is 4.51. The van der Waals surface area contributed by atoms with Crippen LogP contribution in [0.15, 0.2) is 54.6 Å². The SMILES string of the molecule is C[C@H]1Cc2c(O)cc(O)c(Cc3ccccc3)c2O[C@H]1c1ccc(O)c(O)c1. The molecule has 1 aliphatic heterocycles. The molecule has 0 unspecified atom stereocenters. The zero-order valence-electron chi connectivity index (χ0n) is 15.5. The molecule has 0 saturated heterocycles. The van der Waals surface area contributed by atoms with Gasteiger partial charge in [0.2, 0.25) is 0 Å². The van der Waals surface area contributed by atoms with Crippen LogP contribution < -0.4 is 4.74 Å². The fraction of sp³-hybridized carbons (Fsp3) is 0.217. The van der Waals surface area contributed by atoms with Crippen LogP contribution >= 0.6 is 0 Å². The first kappa shape index (κ1) is 18.0. The molecule has 2 atom stereocenters. The largest absolute Gasteiger partial charge is 0.507 e. The first-order chi connectivity index (χ1) is 13.4. The summed E-state index contributed by atoms with van der Waals surface area (Å²) in [5.41, 5.74) is 3.04. The molecule has 0 aromatic heterocycles. The van der Waals surface area contributed by atoms with E-state index in [0.29, 0.717) is 29.7 Å². The second-order valence-corrected chi connectivity index (χ2v) is 7.33. The number of aromatic hydroxyl groups is 4. The molecule has 1 aliphatic rings. The Labute approximate surface area is 163 Å². The predicted octanol–water partition coefficient (Wildman–Crippen LogP) is 4.41. The summed E-state index contributed by atoms with van der Waals surface area (Å²) in [6, 6.07) is 15.7. The fourth-order valence-corrected chi connectivity index (χ4v) is 3.82. The molecule has 144 valence electrons. The van der Waals surface area contributed by atoms with E-state index in [1.807, 2.05) is 37.3 Å². The predicted molar refractivity (Wildman–Crippen MR) is 105 cm³/mol. The van der Waals surface area contributed by atoms with Crippen LogP contribution in [0.4, 0.5) is 0 Å². The van der Waals surface area contributed by atoms with Crippen LogP contribution in [0.1, 0.15) is 35.3 Å². The van der Waals surface area contributed by atoms with Gasteiger partial charge in [0.1, 0.15) is 23.4 Å². The third-order valence-electron chi connectivity index (χ3n) is 5.28. The molecule has 0 spiro atoms. The van der Waals surface area contributed by atoms with E-state index >= 15 is 0 Å². The van der Waals surface area contributed by atoms with Gasteiger partial charge in [-0.15, -0.1) is 0 Å². The zero-order valence-corrected chi connectivity index (χ0v) is 15.5. The Hall–Kier alpha value is -3.34. The highest BCUT2D eigenvalue weighted by molar-refractivity contribution is 5.59. The van der Waals surface area contributed by atoms with Crippen LogP contribution in [0.3, 0.4) is 0 Å². The lowest BCUT2D eigenvalue weighted by atomic mass is 9.86. The number of fused-ring (bicyclic) bond motifs is 1. The van der Waals surface area contributed by atoms with Gasteiger partial charge in [0.05, 0.1) is 0 Å². The minimum Gasteiger partial charge on any atom is -0.507 e. The van der Waals surface area contributed by atoms with E-state index in [0.717, 1.165) is 11.1 Å². The molecule has 4 rings (SSSR count). The van der Waals surface area contributed by atoms with Gasteiger partial charge < -0.3 is 25.2 Å². The number of benzene rings is 3. The third-order valence-corrected chi connectivity index (χ3v) is 5.28. The lowest BCUT2D eigenvalue weighted by molar-refractivity contribution is 0.119. The fourth-order valence-electron chi connectivity index (χ4n) is 3.82. The minimum atomic E-state index is -0.380. The Morgan fingerprint density at radius 3 is 2.32 bits per heavy atom. The van der Waals surface area contributed by atoms with Gasteiger partial charge in [-0.2, -0.15) is 0 Å². The normalized spacial score (nSPS) is 18.3. The van der Waals surface area contributed by atoms with Crippen molar-refractivity contribution in [3.63, 3.8) is 0 Å². The van der Waals surface area contributed by atoms with Crippen molar-refractivity contribution in [2.75, 3.05) is 0 Å². The van der Waals surface area contributed by atoms with Gasteiger partial charge in [-0.3, -0.25) is 0 Å². The molecule has 0 amide bonds. The van der Waals surface area contributed by atoms with Gasteiger partial charge in [-0.05, 0) is 29.7 Å². The maximum absolute atomic E-state index is 10.5. The minimum absolute atomic E-state index is 0.0121. The highest BCUT2D eigenvalue weighted by Crippen LogP contribution is 2.48. The topological polar surface area (TPSA) is 90.2 Å². The summed E-state index contributed by atoms with van der Waals surface area (Å²) in [5, 5.41) is 40.3. The maximum Gasteiger partial charge on any atom is 0.157 e. The molecule has 0 bridgehead atoms. The molecule has 1 heterocycles. The Balaban J connectivity index is 1.77. The molecule has 4 N–H and O–H groups in total. The second kappa shape index (κ2) is 7.00. The van der Waals surface area contributed by atoms with Crippen LogP contribution in [0.2, 0.25) is 0 Å². The van der Waals surface area contributed by atoms with E-state index in [1.54, 1.807) is 6.07 Å². The van der Waals surface area contributed by atoms with Crippen molar-refractivity contribution in [1.29, 1.82) is 0 Å². The monoisotopic (exact) mass is 378 g/mol. The summed E-state index contributed by atoms with van der Waals surface area (Å²) in [4.78, 5) is 0. The third kappa shape index (κ3) is 3.20. The number of hydrogen-bond donors (Lipinski definition) is 4. The van der Waals surface area contributed by atoms with E-state index in [1.165, 1.54) is 18.2 Å². The summed E-state index contributed by atoms with van der Waals surface area (Å²) in [5.74, 6) is 0.119. The number of phenolic OH excluding ortho intramolecular Hbond substituents is 4. The molecule has 0 aliphatic carbocycles. The van der Waals surface area contributed by atoms with Gasteiger partial charge in [-0.25, -0.2) is 0 Å². The van der Waals surface area contributed by atoms with E-state index in [2.05, 4.69) is 0 Å². The summed E-state index contributed by atoms with van der Waals surface area (Å²) in [6.07, 6.45) is 0.655. The van der Waals surface area contributed by atoms with Crippen molar-refractivity contribution in [2.45, 2.75) is 25.9 Å². The van der Waals surface area contributed by atoms with Crippen LogP contribution in [0, 0.1) is 5.92 Å². The van der Waals surface area contributed by atoms with Crippen molar-refractivity contribution < 1.29 is 25.2 Å². The zero-order chi connectivity index (χ0) is 19.8. The Bertz CT molecular complexity index is 1010. The summed E-state index contributed by atoms with van der Waals surface area (Å²) >= 11 is 0. The standard InChI is InChI=1S/C23H22O5/c1-13-9-16-19(25)12-20(26)17(10-14-5-3-2-4-6-14)23(16)28-22(13)15-7-8-18(24)21(27)11-15/h2-8,11-13,22,24-27H,9-10H2,1H3/t13-,22+/m0/s1. The molecule has 5 nitrogen and oxygen atoms in total. The quantitative estimate of drug-likeness (QED) is 0.507. The maximum atomic E-state index is 10.5. The van der Waals surface area contributed by atoms with Crippen LogP contribution in [0.5, 0.6) is 28.7 Å². The molecular weight excluding hydrogens is 356 g/mol. The molecule has 3 aromatic carbocycles. The molecule has 0 saturated carbocycles. The Morgan fingerprint density at radius 1 is 0.857 bits per heavy atom. The van der Waals surface area contributed by atoms with Crippen LogP contribution in [0.25, 0.3) is 0 Å². The molecule has 3 aromatic rings. The van der Waals surface area contributed by atoms with E-state index < -0.39 is 0 Å². The molecule has 28 heavy (non-hydrogen) atoms. The molecule has 0 fully saturated rings. The first-order valence-electron chi connectivity index (χ1n) is 9.23. The van der Waals surface area contributed by atoms with Crippen molar-refractivity contribution in [2.24, 2.45) is 5.92 Å². The van der Waals surface area contributed by atoms with Crippen molar-refractivity contribution in [3.05, 3.63) is 76.9 Å². The van der Waals surface area contributed by atoms with Gasteiger partial charge in [0.25, 0.3) is 0 Å². The summed E-state index contributed by atoms with van der Waals surface area (Å²) in [7, 11) is 0. The van der Waals surface area contributed by atoms with E-state index in [4.69, 9.17) is 4.74 Å². The van der Waals surface area contributed by atoms with E-state index in [9.17, 15) is 20.4 Å². The van der Waals surface area contributed by atoms with Crippen LogP contribution in [-0.2, 0) is 12.8 Å². The number of hydrogen-bond acceptors (Lipinski definition) is 5. The van der Waals surface area contributed by atoms with Crippen molar-refractivity contribution in [1.82, 2.24) is 0 Å². The van der Waals surface area contributed by atoms with Gasteiger partial charge >= 0.3 is 0 Å². The second-order valence-electron chi connectivity index (χ2n) is 7.33. The van der Waals surface area contributed by atoms with Gasteiger partial charge in [-0.1, -0.05) is 43.3 Å². The van der Waals surface area contributed by atoms with Gasteiger partial charge in [0.15, 0.2) is 11.5 Å². The average molecular weight is 378 g/mol. The van der Waals surface area contributed by atoms with Crippen molar-refractivity contribution in [3.8, 4) is 28.7 Å². The first-order valence-corrected chi connectivity index (χ1v) is 9.23. The van der Waals surface area contributed by atoms with Gasteiger partial charge in [0, 0.05) is 29.5 Å². The lowest BCUT2D eigenvalue weighted by Crippen LogP contribution is -2.24. The molecule has 5 heteroatoms. The smallest absolute Gasteiger partial charge is 0.157 e. The van der Waals surface area contributed by atoms with E-state index in [-0.39, 0.29) is 35.0 Å². The van der Waals surface area contributed by atoms with Crippen LogP contribution in [-0.4, -0.2) is 20.4 Å². The summed E-state index contributed by atoms with van der Waals surface area (Å²) in [6.45, 7) is 2.00. The molecule has 0 radical (unpaired) electrons. The average Bonchev–Trinajstić information content (AvgIpc) is 2.68. The Morgan fingerprint density at radius 2 is 1.61 bits per heavy atom. The number of ether oxygens (including phenoxy) is 1.